The number of halogens is 1. The van der Waals surface area contributed by atoms with E-state index in [0.717, 1.165) is 31.9 Å². The first kappa shape index (κ1) is 10.1. The predicted molar refractivity (Wildman–Crippen MR) is 63.1 cm³/mol. The molecule has 0 saturated carbocycles. The van der Waals surface area contributed by atoms with Gasteiger partial charge in [0.1, 0.15) is 5.82 Å². The molecule has 2 heterocycles. The van der Waals surface area contributed by atoms with E-state index in [1.165, 1.54) is 12.8 Å². The van der Waals surface area contributed by atoms with Gasteiger partial charge in [0.2, 0.25) is 0 Å². The summed E-state index contributed by atoms with van der Waals surface area (Å²) in [4.78, 5) is 2.18. The summed E-state index contributed by atoms with van der Waals surface area (Å²) in [5.41, 5.74) is 1.30. The van der Waals surface area contributed by atoms with Gasteiger partial charge in [0.15, 0.2) is 0 Å². The second-order valence-electron chi connectivity index (χ2n) is 5.04. The molecule has 0 unspecified atom stereocenters. The number of hydrogen-bond acceptors (Lipinski definition) is 2. The number of piperidine rings is 1. The smallest absolute Gasteiger partial charge is 0.146 e. The number of nitrogens with one attached hydrogen (secondary N) is 1. The number of anilines is 1. The lowest BCUT2D eigenvalue weighted by Crippen LogP contribution is -2.58. The van der Waals surface area contributed by atoms with Gasteiger partial charge in [-0.15, -0.1) is 0 Å². The monoisotopic (exact) mass is 220 g/mol. The fourth-order valence-electron chi connectivity index (χ4n) is 2.76. The Morgan fingerprint density at radius 1 is 1.12 bits per heavy atom. The van der Waals surface area contributed by atoms with Crippen molar-refractivity contribution in [1.82, 2.24) is 5.32 Å². The number of para-hydroxylation sites is 1. The van der Waals surface area contributed by atoms with Gasteiger partial charge < -0.3 is 10.2 Å². The van der Waals surface area contributed by atoms with Gasteiger partial charge in [0, 0.05) is 26.2 Å². The topological polar surface area (TPSA) is 15.3 Å². The maximum absolute atomic E-state index is 13.6. The zero-order valence-electron chi connectivity index (χ0n) is 9.38. The molecule has 2 saturated heterocycles. The highest BCUT2D eigenvalue weighted by atomic mass is 19.1. The van der Waals surface area contributed by atoms with Crippen molar-refractivity contribution >= 4 is 5.69 Å². The van der Waals surface area contributed by atoms with E-state index < -0.39 is 0 Å². The molecule has 0 aromatic heterocycles. The highest BCUT2D eigenvalue weighted by molar-refractivity contribution is 5.48. The van der Waals surface area contributed by atoms with Crippen molar-refractivity contribution in [3.8, 4) is 0 Å². The molecular formula is C13H17FN2. The summed E-state index contributed by atoms with van der Waals surface area (Å²) >= 11 is 0. The molecule has 2 nitrogen and oxygen atoms in total. The van der Waals surface area contributed by atoms with Crippen LogP contribution in [-0.4, -0.2) is 26.2 Å². The standard InChI is InChI=1S/C13H17FN2/c14-11-3-1-2-4-12(11)16-7-5-13(6-8-16)9-15-10-13/h1-4,15H,5-10H2. The highest BCUT2D eigenvalue weighted by Gasteiger charge is 2.39. The summed E-state index contributed by atoms with van der Waals surface area (Å²) in [5, 5.41) is 3.35. The van der Waals surface area contributed by atoms with Crippen LogP contribution in [0.15, 0.2) is 24.3 Å². The molecule has 86 valence electrons. The fourth-order valence-corrected chi connectivity index (χ4v) is 2.76. The Bertz CT molecular complexity index is 377. The van der Waals surface area contributed by atoms with Crippen molar-refractivity contribution in [1.29, 1.82) is 0 Å². The van der Waals surface area contributed by atoms with E-state index in [1.807, 2.05) is 12.1 Å². The molecule has 1 aromatic carbocycles. The summed E-state index contributed by atoms with van der Waals surface area (Å²) in [6.07, 6.45) is 2.38. The van der Waals surface area contributed by atoms with E-state index >= 15 is 0 Å². The van der Waals surface area contributed by atoms with Gasteiger partial charge in [-0.2, -0.15) is 0 Å². The van der Waals surface area contributed by atoms with Crippen LogP contribution in [0, 0.1) is 11.2 Å². The second kappa shape index (κ2) is 3.74. The van der Waals surface area contributed by atoms with Gasteiger partial charge in [-0.1, -0.05) is 12.1 Å². The maximum atomic E-state index is 13.6. The molecular weight excluding hydrogens is 203 g/mol. The Balaban J connectivity index is 1.72. The molecule has 1 spiro atoms. The third-order valence-electron chi connectivity index (χ3n) is 4.02. The summed E-state index contributed by atoms with van der Waals surface area (Å²) in [7, 11) is 0. The van der Waals surface area contributed by atoms with Crippen LogP contribution in [0.3, 0.4) is 0 Å². The van der Waals surface area contributed by atoms with Crippen molar-refractivity contribution in [3.05, 3.63) is 30.1 Å². The predicted octanol–water partition coefficient (Wildman–Crippen LogP) is 2.02. The molecule has 0 aliphatic carbocycles. The van der Waals surface area contributed by atoms with Crippen molar-refractivity contribution in [2.24, 2.45) is 5.41 Å². The summed E-state index contributed by atoms with van der Waals surface area (Å²) in [6.45, 7) is 4.28. The number of benzene rings is 1. The Morgan fingerprint density at radius 3 is 2.38 bits per heavy atom. The third kappa shape index (κ3) is 1.59. The zero-order chi connectivity index (χ0) is 11.0. The number of hydrogen-bond donors (Lipinski definition) is 1. The quantitative estimate of drug-likeness (QED) is 0.779. The molecule has 0 bridgehead atoms. The molecule has 3 rings (SSSR count). The van der Waals surface area contributed by atoms with E-state index in [-0.39, 0.29) is 5.82 Å². The minimum absolute atomic E-state index is 0.0924. The van der Waals surface area contributed by atoms with Crippen LogP contribution in [0.2, 0.25) is 0 Å². The van der Waals surface area contributed by atoms with Gasteiger partial charge >= 0.3 is 0 Å². The molecule has 2 fully saturated rings. The van der Waals surface area contributed by atoms with Gasteiger partial charge in [0.05, 0.1) is 5.69 Å². The van der Waals surface area contributed by atoms with E-state index in [1.54, 1.807) is 12.1 Å². The Kier molecular flexibility index (Phi) is 2.36. The van der Waals surface area contributed by atoms with E-state index in [4.69, 9.17) is 0 Å². The van der Waals surface area contributed by atoms with Crippen molar-refractivity contribution < 1.29 is 4.39 Å². The van der Waals surface area contributed by atoms with E-state index in [0.29, 0.717) is 5.41 Å². The molecule has 1 N–H and O–H groups in total. The van der Waals surface area contributed by atoms with Crippen LogP contribution in [0.1, 0.15) is 12.8 Å². The first-order valence-corrected chi connectivity index (χ1v) is 5.99. The Morgan fingerprint density at radius 2 is 1.81 bits per heavy atom. The van der Waals surface area contributed by atoms with Crippen molar-refractivity contribution in [2.45, 2.75) is 12.8 Å². The van der Waals surface area contributed by atoms with Crippen LogP contribution in [-0.2, 0) is 0 Å². The van der Waals surface area contributed by atoms with Gasteiger partial charge in [-0.25, -0.2) is 4.39 Å². The van der Waals surface area contributed by atoms with Crippen LogP contribution >= 0.6 is 0 Å². The molecule has 0 amide bonds. The Hall–Kier alpha value is -1.09. The van der Waals surface area contributed by atoms with Crippen LogP contribution < -0.4 is 10.2 Å². The molecule has 1 aromatic rings. The number of nitrogens with zero attached hydrogens (tertiary/aromatic N) is 1. The van der Waals surface area contributed by atoms with Crippen molar-refractivity contribution in [3.63, 3.8) is 0 Å². The van der Waals surface area contributed by atoms with Crippen LogP contribution in [0.4, 0.5) is 10.1 Å². The molecule has 3 heteroatoms. The van der Waals surface area contributed by atoms with E-state index in [9.17, 15) is 4.39 Å². The molecule has 16 heavy (non-hydrogen) atoms. The number of rotatable bonds is 1. The lowest BCUT2D eigenvalue weighted by Gasteiger charge is -2.48. The first-order valence-electron chi connectivity index (χ1n) is 5.99. The SMILES string of the molecule is Fc1ccccc1N1CCC2(CC1)CNC2. The van der Waals surface area contributed by atoms with Gasteiger partial charge in [-0.05, 0) is 30.4 Å². The summed E-state index contributed by atoms with van der Waals surface area (Å²) in [6, 6.07) is 7.09. The molecule has 2 aliphatic rings. The fraction of sp³-hybridized carbons (Fsp3) is 0.538. The second-order valence-corrected chi connectivity index (χ2v) is 5.04. The summed E-state index contributed by atoms with van der Waals surface area (Å²) in [5.74, 6) is -0.0924. The lowest BCUT2D eigenvalue weighted by molar-refractivity contribution is 0.126. The van der Waals surface area contributed by atoms with Gasteiger partial charge in [0.25, 0.3) is 0 Å². The largest absolute Gasteiger partial charge is 0.369 e. The Labute approximate surface area is 95.4 Å². The maximum Gasteiger partial charge on any atom is 0.146 e. The zero-order valence-corrected chi connectivity index (χ0v) is 9.38. The van der Waals surface area contributed by atoms with Gasteiger partial charge in [-0.3, -0.25) is 0 Å². The molecule has 0 atom stereocenters. The third-order valence-corrected chi connectivity index (χ3v) is 4.02. The molecule has 2 aliphatic heterocycles. The minimum Gasteiger partial charge on any atom is -0.369 e. The molecule has 0 radical (unpaired) electrons. The average molecular weight is 220 g/mol. The first-order chi connectivity index (χ1) is 7.79. The van der Waals surface area contributed by atoms with Crippen LogP contribution in [0.25, 0.3) is 0 Å². The highest BCUT2D eigenvalue weighted by Crippen LogP contribution is 2.36. The average Bonchev–Trinajstić information content (AvgIpc) is 2.28. The normalized spacial score (nSPS) is 23.2. The lowest BCUT2D eigenvalue weighted by atomic mass is 9.73. The summed E-state index contributed by atoms with van der Waals surface area (Å²) < 4.78 is 13.6. The van der Waals surface area contributed by atoms with Crippen LogP contribution in [0.5, 0.6) is 0 Å². The minimum atomic E-state index is -0.0924. The van der Waals surface area contributed by atoms with Crippen molar-refractivity contribution in [2.75, 3.05) is 31.1 Å². The van der Waals surface area contributed by atoms with E-state index in [2.05, 4.69) is 10.2 Å².